The first-order chi connectivity index (χ1) is 13.3. The number of pyridine rings is 1. The van der Waals surface area contributed by atoms with Gasteiger partial charge in [0.05, 0.1) is 12.3 Å². The molecule has 0 unspecified atom stereocenters. The lowest BCUT2D eigenvalue weighted by molar-refractivity contribution is -0.117. The molecular formula is C20H20N4O2S. The predicted molar refractivity (Wildman–Crippen MR) is 104 cm³/mol. The lowest BCUT2D eigenvalue weighted by atomic mass is 10.2. The summed E-state index contributed by atoms with van der Waals surface area (Å²) in [6.07, 6.45) is 5.63. The molecule has 3 aromatic rings. The van der Waals surface area contributed by atoms with Gasteiger partial charge in [0.1, 0.15) is 11.5 Å². The molecule has 6 nitrogen and oxygen atoms in total. The van der Waals surface area contributed by atoms with E-state index in [4.69, 9.17) is 4.74 Å². The van der Waals surface area contributed by atoms with Crippen molar-refractivity contribution in [3.8, 4) is 22.8 Å². The van der Waals surface area contributed by atoms with Gasteiger partial charge in [0, 0.05) is 36.0 Å². The summed E-state index contributed by atoms with van der Waals surface area (Å²) in [6, 6.07) is 11.7. The van der Waals surface area contributed by atoms with Gasteiger partial charge in [-0.1, -0.05) is 23.9 Å². The van der Waals surface area contributed by atoms with Crippen LogP contribution >= 0.6 is 11.8 Å². The summed E-state index contributed by atoms with van der Waals surface area (Å²) in [4.78, 5) is 15.9. The van der Waals surface area contributed by atoms with Gasteiger partial charge in [-0.25, -0.2) is 0 Å². The third-order valence-electron chi connectivity index (χ3n) is 4.43. The Kier molecular flexibility index (Phi) is 5.20. The van der Waals surface area contributed by atoms with Crippen LogP contribution in [0.15, 0.2) is 53.9 Å². The highest BCUT2D eigenvalue weighted by molar-refractivity contribution is 7.99. The number of benzene rings is 1. The molecule has 0 amide bonds. The molecular weight excluding hydrogens is 360 g/mol. The van der Waals surface area contributed by atoms with E-state index in [1.165, 1.54) is 0 Å². The van der Waals surface area contributed by atoms with E-state index < -0.39 is 0 Å². The van der Waals surface area contributed by atoms with Gasteiger partial charge in [0.2, 0.25) is 0 Å². The molecule has 0 spiro atoms. The van der Waals surface area contributed by atoms with Gasteiger partial charge in [0.25, 0.3) is 0 Å². The number of carbonyl (C=O) groups excluding carboxylic acids is 1. The van der Waals surface area contributed by atoms with Crippen LogP contribution in [0.2, 0.25) is 0 Å². The average molecular weight is 380 g/mol. The number of carbonyl (C=O) groups is 1. The third-order valence-corrected chi connectivity index (χ3v) is 5.64. The molecule has 0 bridgehead atoms. The fraction of sp³-hybridized carbons (Fsp3) is 0.300. The summed E-state index contributed by atoms with van der Waals surface area (Å²) in [5.41, 5.74) is 1.76. The molecule has 7 heteroatoms. The Morgan fingerprint density at radius 1 is 1.22 bits per heavy atom. The fourth-order valence-electron chi connectivity index (χ4n) is 3.19. The van der Waals surface area contributed by atoms with E-state index in [0.717, 1.165) is 28.6 Å². The van der Waals surface area contributed by atoms with Crippen LogP contribution in [0.5, 0.6) is 5.75 Å². The van der Waals surface area contributed by atoms with Crippen LogP contribution in [0.25, 0.3) is 17.1 Å². The Labute approximate surface area is 162 Å². The number of hydrogen-bond acceptors (Lipinski definition) is 6. The average Bonchev–Trinajstić information content (AvgIpc) is 3.30. The van der Waals surface area contributed by atoms with E-state index >= 15 is 0 Å². The molecule has 1 aliphatic carbocycles. The maximum Gasteiger partial charge on any atom is 0.196 e. The van der Waals surface area contributed by atoms with Crippen molar-refractivity contribution in [3.63, 3.8) is 0 Å². The van der Waals surface area contributed by atoms with Gasteiger partial charge in [-0.05, 0) is 37.6 Å². The highest BCUT2D eigenvalue weighted by Gasteiger charge is 2.27. The van der Waals surface area contributed by atoms with Gasteiger partial charge in [0.15, 0.2) is 11.0 Å². The highest BCUT2D eigenvalue weighted by Crippen LogP contribution is 2.37. The SMILES string of the molecule is CCOc1ccccc1-n1c(S[C@@H]2CCC(=O)C2)nnc1-c1cccnc1. The number of Topliss-reactive ketones (excluding diaryl/α,β-unsaturated/α-hetero) is 1. The number of nitrogens with zero attached hydrogens (tertiary/aromatic N) is 4. The van der Waals surface area contributed by atoms with Crippen molar-refractivity contribution in [2.75, 3.05) is 6.61 Å². The summed E-state index contributed by atoms with van der Waals surface area (Å²) in [6.45, 7) is 2.53. The van der Waals surface area contributed by atoms with Crippen LogP contribution in [0.3, 0.4) is 0 Å². The Balaban J connectivity index is 1.81. The molecule has 0 aliphatic heterocycles. The van der Waals surface area contributed by atoms with Crippen LogP contribution in [-0.4, -0.2) is 37.4 Å². The molecule has 1 aliphatic rings. The number of ether oxygens (including phenoxy) is 1. The monoisotopic (exact) mass is 380 g/mol. The lowest BCUT2D eigenvalue weighted by Gasteiger charge is -2.15. The molecule has 2 aromatic heterocycles. The second-order valence-electron chi connectivity index (χ2n) is 6.31. The van der Waals surface area contributed by atoms with Crippen LogP contribution in [0.4, 0.5) is 0 Å². The van der Waals surface area contributed by atoms with E-state index in [1.54, 1.807) is 24.2 Å². The van der Waals surface area contributed by atoms with Crippen LogP contribution in [0.1, 0.15) is 26.2 Å². The van der Waals surface area contributed by atoms with Gasteiger partial charge in [-0.3, -0.25) is 14.3 Å². The van der Waals surface area contributed by atoms with E-state index in [2.05, 4.69) is 15.2 Å². The minimum Gasteiger partial charge on any atom is -0.492 e. The van der Waals surface area contributed by atoms with Crippen molar-refractivity contribution < 1.29 is 9.53 Å². The Hall–Kier alpha value is -2.67. The first kappa shape index (κ1) is 17.7. The summed E-state index contributed by atoms with van der Waals surface area (Å²) >= 11 is 1.61. The number of aromatic nitrogens is 4. The van der Waals surface area contributed by atoms with Gasteiger partial charge in [-0.2, -0.15) is 0 Å². The maximum atomic E-state index is 11.7. The van der Waals surface area contributed by atoms with Crippen LogP contribution in [-0.2, 0) is 4.79 Å². The molecule has 0 N–H and O–H groups in total. The number of thioether (sulfide) groups is 1. The minimum atomic E-state index is 0.237. The van der Waals surface area contributed by atoms with Crippen molar-refractivity contribution in [1.82, 2.24) is 19.7 Å². The molecule has 2 heterocycles. The van der Waals surface area contributed by atoms with E-state index in [0.29, 0.717) is 31.1 Å². The summed E-state index contributed by atoms with van der Waals surface area (Å²) in [5.74, 6) is 1.80. The Morgan fingerprint density at radius 2 is 2.11 bits per heavy atom. The van der Waals surface area contributed by atoms with Crippen LogP contribution in [0, 0.1) is 0 Å². The third kappa shape index (κ3) is 3.73. The van der Waals surface area contributed by atoms with Crippen molar-refractivity contribution in [3.05, 3.63) is 48.8 Å². The normalized spacial score (nSPS) is 16.6. The van der Waals surface area contributed by atoms with E-state index in [1.807, 2.05) is 47.9 Å². The number of ketones is 1. The van der Waals surface area contributed by atoms with Crippen LogP contribution < -0.4 is 4.74 Å². The summed E-state index contributed by atoms with van der Waals surface area (Å²) in [7, 11) is 0. The molecule has 1 aromatic carbocycles. The lowest BCUT2D eigenvalue weighted by Crippen LogP contribution is -2.06. The quantitative estimate of drug-likeness (QED) is 0.645. The molecule has 0 radical (unpaired) electrons. The Morgan fingerprint density at radius 3 is 2.85 bits per heavy atom. The van der Waals surface area contributed by atoms with Gasteiger partial charge in [-0.15, -0.1) is 10.2 Å². The largest absolute Gasteiger partial charge is 0.492 e. The number of para-hydroxylation sites is 2. The van der Waals surface area contributed by atoms with Crippen molar-refractivity contribution in [2.24, 2.45) is 0 Å². The standard InChI is InChI=1S/C20H20N4O2S/c1-2-26-18-8-4-3-7-17(18)24-19(14-6-5-11-21-13-14)22-23-20(24)27-16-10-9-15(25)12-16/h3-8,11,13,16H,2,9-10,12H2,1H3/t16-/m1/s1. The predicted octanol–water partition coefficient (Wildman–Crippen LogP) is 3.94. The van der Waals surface area contributed by atoms with Crippen molar-refractivity contribution in [2.45, 2.75) is 36.6 Å². The smallest absolute Gasteiger partial charge is 0.196 e. The second-order valence-corrected chi connectivity index (χ2v) is 7.57. The fourth-order valence-corrected chi connectivity index (χ4v) is 4.38. The summed E-state index contributed by atoms with van der Waals surface area (Å²) in [5, 5.41) is 9.88. The zero-order valence-electron chi connectivity index (χ0n) is 15.0. The highest BCUT2D eigenvalue weighted by atomic mass is 32.2. The van der Waals surface area contributed by atoms with Gasteiger partial charge >= 0.3 is 0 Å². The maximum absolute atomic E-state index is 11.7. The van der Waals surface area contributed by atoms with E-state index in [-0.39, 0.29) is 5.25 Å². The molecule has 1 fully saturated rings. The topological polar surface area (TPSA) is 69.9 Å². The number of rotatable bonds is 6. The first-order valence-electron chi connectivity index (χ1n) is 9.02. The molecule has 4 rings (SSSR count). The molecule has 27 heavy (non-hydrogen) atoms. The zero-order valence-corrected chi connectivity index (χ0v) is 15.9. The second kappa shape index (κ2) is 7.92. The van der Waals surface area contributed by atoms with Crippen molar-refractivity contribution >= 4 is 17.5 Å². The molecule has 1 atom stereocenters. The Bertz CT molecular complexity index is 942. The molecule has 138 valence electrons. The number of hydrogen-bond donors (Lipinski definition) is 0. The van der Waals surface area contributed by atoms with Crippen molar-refractivity contribution in [1.29, 1.82) is 0 Å². The molecule has 0 saturated heterocycles. The first-order valence-corrected chi connectivity index (χ1v) is 9.90. The van der Waals surface area contributed by atoms with Gasteiger partial charge < -0.3 is 4.74 Å². The van der Waals surface area contributed by atoms with E-state index in [9.17, 15) is 4.79 Å². The zero-order chi connectivity index (χ0) is 18.6. The summed E-state index contributed by atoms with van der Waals surface area (Å²) < 4.78 is 7.85. The minimum absolute atomic E-state index is 0.237. The molecule has 1 saturated carbocycles.